The third kappa shape index (κ3) is 6.03. The van der Waals surface area contributed by atoms with Crippen LogP contribution < -0.4 is 5.32 Å². The normalized spacial score (nSPS) is 11.4. The van der Waals surface area contributed by atoms with Crippen molar-refractivity contribution in [1.29, 1.82) is 0 Å². The van der Waals surface area contributed by atoms with Gasteiger partial charge in [-0.2, -0.15) is 13.2 Å². The number of hydrogen-bond donors (Lipinski definition) is 2. The van der Waals surface area contributed by atoms with Crippen LogP contribution in [0.4, 0.5) is 18.9 Å². The van der Waals surface area contributed by atoms with Crippen LogP contribution in [0.15, 0.2) is 128 Å². The van der Waals surface area contributed by atoms with Crippen molar-refractivity contribution < 1.29 is 27.9 Å². The van der Waals surface area contributed by atoms with Crippen LogP contribution in [-0.2, 0) is 12.7 Å². The number of anilines is 1. The number of benzene rings is 5. The predicted molar refractivity (Wildman–Crippen MR) is 168 cm³/mol. The van der Waals surface area contributed by atoms with Gasteiger partial charge in [0.25, 0.3) is 0 Å². The van der Waals surface area contributed by atoms with E-state index in [1.165, 1.54) is 18.3 Å². The molecule has 0 unspecified atom stereocenters. The van der Waals surface area contributed by atoms with E-state index in [-0.39, 0.29) is 34.4 Å². The van der Waals surface area contributed by atoms with Crippen LogP contribution in [0.2, 0.25) is 0 Å². The lowest BCUT2D eigenvalue weighted by Crippen LogP contribution is -2.10. The predicted octanol–water partition coefficient (Wildman–Crippen LogP) is 9.13. The van der Waals surface area contributed by atoms with Crippen molar-refractivity contribution in [3.63, 3.8) is 0 Å². The molecule has 1 heterocycles. The summed E-state index contributed by atoms with van der Waals surface area (Å²) in [6.45, 7) is 0.172. The third-order valence-electron chi connectivity index (χ3n) is 7.57. The van der Waals surface area contributed by atoms with Gasteiger partial charge in [0, 0.05) is 40.5 Å². The third-order valence-corrected chi connectivity index (χ3v) is 7.57. The van der Waals surface area contributed by atoms with E-state index in [0.717, 1.165) is 17.2 Å². The lowest BCUT2D eigenvalue weighted by Gasteiger charge is -2.17. The van der Waals surface area contributed by atoms with Crippen LogP contribution >= 0.6 is 0 Å². The average Bonchev–Trinajstić information content (AvgIpc) is 3.06. The molecule has 6 aromatic rings. The Balaban J connectivity index is 1.40. The molecule has 0 spiro atoms. The Hall–Kier alpha value is -5.76. The fourth-order valence-electron chi connectivity index (χ4n) is 5.40. The van der Waals surface area contributed by atoms with Gasteiger partial charge in [-0.25, -0.2) is 4.79 Å². The van der Waals surface area contributed by atoms with Gasteiger partial charge < -0.3 is 10.4 Å². The number of nitrogens with one attached hydrogen (secondary N) is 1. The summed E-state index contributed by atoms with van der Waals surface area (Å²) >= 11 is 0. The number of ketones is 1. The summed E-state index contributed by atoms with van der Waals surface area (Å²) in [5, 5.41) is 13.4. The zero-order valence-corrected chi connectivity index (χ0v) is 23.7. The Morgan fingerprint density at radius 1 is 0.711 bits per heavy atom. The summed E-state index contributed by atoms with van der Waals surface area (Å²) < 4.78 is 41.9. The molecule has 2 N–H and O–H groups in total. The average molecular weight is 603 g/mol. The first kappa shape index (κ1) is 29.3. The molecule has 0 bridgehead atoms. The van der Waals surface area contributed by atoms with E-state index in [0.29, 0.717) is 27.9 Å². The Kier molecular flexibility index (Phi) is 7.87. The zero-order valence-electron chi connectivity index (χ0n) is 23.7. The number of carboxylic acids is 1. The van der Waals surface area contributed by atoms with Gasteiger partial charge in [-0.15, -0.1) is 0 Å². The summed E-state index contributed by atoms with van der Waals surface area (Å²) in [7, 11) is 0. The summed E-state index contributed by atoms with van der Waals surface area (Å²) in [4.78, 5) is 29.9. The number of carbonyl (C=O) groups is 2. The quantitative estimate of drug-likeness (QED) is 0.170. The molecular weight excluding hydrogens is 577 g/mol. The van der Waals surface area contributed by atoms with Gasteiger partial charge in [0.1, 0.15) is 0 Å². The minimum atomic E-state index is -4.64. The highest BCUT2D eigenvalue weighted by Crippen LogP contribution is 2.39. The molecule has 222 valence electrons. The maximum atomic E-state index is 14.0. The number of pyridine rings is 1. The molecule has 0 atom stereocenters. The van der Waals surface area contributed by atoms with Gasteiger partial charge >= 0.3 is 12.1 Å². The number of para-hydroxylation sites is 1. The molecule has 0 amide bonds. The van der Waals surface area contributed by atoms with E-state index in [9.17, 15) is 27.9 Å². The van der Waals surface area contributed by atoms with Crippen molar-refractivity contribution in [2.75, 3.05) is 5.32 Å². The molecule has 45 heavy (non-hydrogen) atoms. The highest BCUT2D eigenvalue weighted by Gasteiger charge is 2.34. The first-order valence-corrected chi connectivity index (χ1v) is 14.1. The topological polar surface area (TPSA) is 79.3 Å². The van der Waals surface area contributed by atoms with E-state index in [4.69, 9.17) is 0 Å². The molecule has 6 rings (SSSR count). The van der Waals surface area contributed by atoms with Gasteiger partial charge in [-0.05, 0) is 46.5 Å². The van der Waals surface area contributed by atoms with Crippen molar-refractivity contribution in [3.8, 4) is 22.3 Å². The van der Waals surface area contributed by atoms with Crippen molar-refractivity contribution in [3.05, 3.63) is 155 Å². The van der Waals surface area contributed by atoms with Crippen molar-refractivity contribution >= 4 is 28.3 Å². The van der Waals surface area contributed by atoms with Gasteiger partial charge in [0.15, 0.2) is 5.78 Å². The van der Waals surface area contributed by atoms with Crippen LogP contribution in [0.3, 0.4) is 0 Å². The van der Waals surface area contributed by atoms with Gasteiger partial charge in [0.05, 0.1) is 16.6 Å². The minimum Gasteiger partial charge on any atom is -0.478 e. The van der Waals surface area contributed by atoms with E-state index in [2.05, 4.69) is 10.3 Å². The Bertz CT molecular complexity index is 2040. The van der Waals surface area contributed by atoms with Gasteiger partial charge in [0.2, 0.25) is 0 Å². The number of rotatable bonds is 8. The van der Waals surface area contributed by atoms with E-state index in [1.54, 1.807) is 66.7 Å². The summed E-state index contributed by atoms with van der Waals surface area (Å²) in [6, 6.07) is 34.0. The maximum absolute atomic E-state index is 14.0. The van der Waals surface area contributed by atoms with Crippen molar-refractivity contribution in [2.45, 2.75) is 12.7 Å². The molecule has 8 heteroatoms. The monoisotopic (exact) mass is 602 g/mol. The Labute approximate surface area is 256 Å². The molecule has 0 saturated heterocycles. The summed E-state index contributed by atoms with van der Waals surface area (Å²) in [5.41, 5.74) is 3.17. The molecule has 0 aliphatic carbocycles. The molecule has 0 aliphatic heterocycles. The smallest absolute Gasteiger partial charge is 0.418 e. The van der Waals surface area contributed by atoms with Crippen LogP contribution in [0.1, 0.15) is 37.4 Å². The number of carbonyl (C=O) groups excluding carboxylic acids is 1. The fraction of sp³-hybridized carbons (Fsp3) is 0.0541. The second kappa shape index (κ2) is 12.1. The second-order valence-corrected chi connectivity index (χ2v) is 10.4. The number of aromatic carboxylic acids is 1. The van der Waals surface area contributed by atoms with Gasteiger partial charge in [-0.3, -0.25) is 9.78 Å². The van der Waals surface area contributed by atoms with Crippen LogP contribution in [0.25, 0.3) is 33.2 Å². The molecule has 5 nitrogen and oxygen atoms in total. The lowest BCUT2D eigenvalue weighted by molar-refractivity contribution is -0.136. The number of halogens is 3. The first-order valence-electron chi connectivity index (χ1n) is 14.1. The number of alkyl halides is 3. The first-order chi connectivity index (χ1) is 21.7. The number of fused-ring (bicyclic) bond motifs is 1. The Morgan fingerprint density at radius 2 is 1.40 bits per heavy atom. The minimum absolute atomic E-state index is 0.149. The number of nitrogens with zero attached hydrogens (tertiary/aromatic N) is 1. The molecule has 0 radical (unpaired) electrons. The summed E-state index contributed by atoms with van der Waals surface area (Å²) in [5.74, 6) is -1.44. The highest BCUT2D eigenvalue weighted by atomic mass is 19.4. The Morgan fingerprint density at radius 3 is 2.11 bits per heavy atom. The van der Waals surface area contributed by atoms with Crippen LogP contribution in [0.5, 0.6) is 0 Å². The zero-order chi connectivity index (χ0) is 31.6. The van der Waals surface area contributed by atoms with Crippen molar-refractivity contribution in [2.24, 2.45) is 0 Å². The number of aromatic nitrogens is 1. The molecule has 0 saturated carbocycles. The van der Waals surface area contributed by atoms with E-state index >= 15 is 0 Å². The molecular formula is C37H25F3N2O3. The molecule has 5 aromatic carbocycles. The number of carboxylic acid groups (broad SMARTS) is 1. The lowest BCUT2D eigenvalue weighted by atomic mass is 9.91. The largest absolute Gasteiger partial charge is 0.478 e. The van der Waals surface area contributed by atoms with Crippen LogP contribution in [0, 0.1) is 0 Å². The van der Waals surface area contributed by atoms with E-state index < -0.39 is 17.7 Å². The maximum Gasteiger partial charge on any atom is 0.418 e. The fourth-order valence-corrected chi connectivity index (χ4v) is 5.40. The standard InChI is InChI=1S/C37H25F3N2O3/c38-37(39,40)32-16-8-15-29-33(31(22-42-34(29)32)35(43)24-11-5-2-6-12-24)26-13-7-14-28(19-26)41-21-27-18-17-25(20-30(27)36(44)45)23-9-3-1-4-10-23/h1-20,22,41H,21H2,(H,44,45). The van der Waals surface area contributed by atoms with Crippen molar-refractivity contribution in [1.82, 2.24) is 4.98 Å². The van der Waals surface area contributed by atoms with Crippen LogP contribution in [-0.4, -0.2) is 21.8 Å². The second-order valence-electron chi connectivity index (χ2n) is 10.4. The number of hydrogen-bond acceptors (Lipinski definition) is 4. The SMILES string of the molecule is O=C(O)c1cc(-c2ccccc2)ccc1CNc1cccc(-c2c(C(=O)c3ccccc3)cnc3c(C(F)(F)F)cccc23)c1. The molecule has 1 aromatic heterocycles. The summed E-state index contributed by atoms with van der Waals surface area (Å²) in [6.07, 6.45) is -3.44. The highest BCUT2D eigenvalue weighted by molar-refractivity contribution is 6.16. The molecule has 0 fully saturated rings. The van der Waals surface area contributed by atoms with Gasteiger partial charge in [-0.1, -0.05) is 97.1 Å². The molecule has 0 aliphatic rings. The van der Waals surface area contributed by atoms with E-state index in [1.807, 2.05) is 36.4 Å².